The Labute approximate surface area is 228 Å². The molecule has 0 saturated carbocycles. The Morgan fingerprint density at radius 3 is 2.37 bits per heavy atom. The van der Waals surface area contributed by atoms with Gasteiger partial charge in [0.15, 0.2) is 0 Å². The minimum absolute atomic E-state index is 0.0132. The lowest BCUT2D eigenvalue weighted by Gasteiger charge is -2.55. The molecule has 1 N–H and O–H groups in total. The topological polar surface area (TPSA) is 82.2 Å². The molecule has 3 aliphatic heterocycles. The Morgan fingerprint density at radius 1 is 1.05 bits per heavy atom. The number of carbonyl (C=O) groups excluding carboxylic acids is 3. The molecule has 1 aromatic carbocycles. The maximum Gasteiger partial charge on any atom is 0.409 e. The lowest BCUT2D eigenvalue weighted by molar-refractivity contribution is -0.167. The van der Waals surface area contributed by atoms with Crippen molar-refractivity contribution < 1.29 is 19.1 Å². The fourth-order valence-electron chi connectivity index (χ4n) is 6.45. The normalized spacial score (nSPS) is 22.7. The summed E-state index contributed by atoms with van der Waals surface area (Å²) in [7, 11) is 0. The van der Waals surface area contributed by atoms with Crippen LogP contribution in [-0.4, -0.2) is 89.6 Å². The summed E-state index contributed by atoms with van der Waals surface area (Å²) in [6.07, 6.45) is 6.39. The zero-order valence-corrected chi connectivity index (χ0v) is 23.5. The van der Waals surface area contributed by atoms with E-state index in [1.807, 2.05) is 11.8 Å². The first-order valence-electron chi connectivity index (χ1n) is 14.7. The summed E-state index contributed by atoms with van der Waals surface area (Å²) in [4.78, 5) is 46.1. The number of likely N-dealkylation sites (tertiary alicyclic amines) is 2. The third kappa shape index (κ3) is 6.50. The summed E-state index contributed by atoms with van der Waals surface area (Å²) in [5, 5.41) is 3.12. The summed E-state index contributed by atoms with van der Waals surface area (Å²) in [6.45, 7) is 10.1. The van der Waals surface area contributed by atoms with E-state index in [0.717, 1.165) is 38.9 Å². The van der Waals surface area contributed by atoms with Crippen LogP contribution in [0.5, 0.6) is 0 Å². The van der Waals surface area contributed by atoms with Crippen LogP contribution in [0.4, 0.5) is 4.79 Å². The molecule has 3 saturated heterocycles. The summed E-state index contributed by atoms with van der Waals surface area (Å²) < 4.78 is 5.18. The van der Waals surface area contributed by atoms with Crippen LogP contribution in [0.2, 0.25) is 0 Å². The summed E-state index contributed by atoms with van der Waals surface area (Å²) in [5.41, 5.74) is 0.588. The van der Waals surface area contributed by atoms with E-state index in [0.29, 0.717) is 57.7 Å². The predicted octanol–water partition coefficient (Wildman–Crippen LogP) is 3.84. The van der Waals surface area contributed by atoms with Crippen molar-refractivity contribution in [2.24, 2.45) is 5.92 Å². The van der Waals surface area contributed by atoms with Gasteiger partial charge < -0.3 is 24.8 Å². The van der Waals surface area contributed by atoms with Crippen LogP contribution in [0, 0.1) is 5.92 Å². The fraction of sp³-hybridized carbons (Fsp3) is 0.700. The van der Waals surface area contributed by atoms with E-state index in [9.17, 15) is 14.4 Å². The lowest BCUT2D eigenvalue weighted by atomic mass is 9.78. The molecule has 3 fully saturated rings. The number of piperidine rings is 2. The third-order valence-corrected chi connectivity index (χ3v) is 8.50. The second kappa shape index (κ2) is 13.0. The van der Waals surface area contributed by atoms with Gasteiger partial charge >= 0.3 is 6.09 Å². The number of aryl methyl sites for hydroxylation is 1. The minimum Gasteiger partial charge on any atom is -0.450 e. The Kier molecular flexibility index (Phi) is 9.69. The van der Waals surface area contributed by atoms with Crippen LogP contribution in [0.3, 0.4) is 0 Å². The van der Waals surface area contributed by atoms with Gasteiger partial charge in [0.2, 0.25) is 11.8 Å². The molecule has 38 heavy (non-hydrogen) atoms. The molecular formula is C30H46N4O4. The Morgan fingerprint density at radius 2 is 1.74 bits per heavy atom. The number of nitrogens with one attached hydrogen (secondary N) is 1. The van der Waals surface area contributed by atoms with Crippen LogP contribution in [0.25, 0.3) is 0 Å². The van der Waals surface area contributed by atoms with Gasteiger partial charge in [0.1, 0.15) is 11.6 Å². The Bertz CT molecular complexity index is 937. The van der Waals surface area contributed by atoms with Crippen LogP contribution in [0.1, 0.15) is 71.3 Å². The maximum atomic E-state index is 13.9. The third-order valence-electron chi connectivity index (χ3n) is 8.50. The van der Waals surface area contributed by atoms with Crippen molar-refractivity contribution in [1.29, 1.82) is 0 Å². The van der Waals surface area contributed by atoms with E-state index in [2.05, 4.69) is 54.4 Å². The first kappa shape index (κ1) is 28.4. The summed E-state index contributed by atoms with van der Waals surface area (Å²) >= 11 is 0. The number of piperazine rings is 1. The molecule has 3 amide bonds. The van der Waals surface area contributed by atoms with Crippen LogP contribution >= 0.6 is 0 Å². The van der Waals surface area contributed by atoms with Crippen molar-refractivity contribution in [3.8, 4) is 0 Å². The number of nitrogens with zero attached hydrogens (tertiary/aromatic N) is 3. The molecule has 4 rings (SSSR count). The van der Waals surface area contributed by atoms with Gasteiger partial charge in [-0.2, -0.15) is 0 Å². The number of unbranched alkanes of at least 4 members (excludes halogenated alkanes) is 1. The van der Waals surface area contributed by atoms with E-state index < -0.39 is 11.6 Å². The molecule has 1 aromatic rings. The Balaban J connectivity index is 1.40. The first-order valence-corrected chi connectivity index (χ1v) is 14.7. The van der Waals surface area contributed by atoms with Crippen molar-refractivity contribution >= 4 is 17.9 Å². The van der Waals surface area contributed by atoms with E-state index in [1.165, 1.54) is 5.56 Å². The van der Waals surface area contributed by atoms with Crippen molar-refractivity contribution in [1.82, 2.24) is 20.0 Å². The summed E-state index contributed by atoms with van der Waals surface area (Å²) in [5.74, 6) is 0.382. The fourth-order valence-corrected chi connectivity index (χ4v) is 6.45. The van der Waals surface area contributed by atoms with Crippen LogP contribution < -0.4 is 5.32 Å². The van der Waals surface area contributed by atoms with Crippen LogP contribution in [-0.2, 0) is 20.7 Å². The molecule has 0 bridgehead atoms. The van der Waals surface area contributed by atoms with Gasteiger partial charge in [0, 0.05) is 32.2 Å². The average molecular weight is 527 g/mol. The van der Waals surface area contributed by atoms with Gasteiger partial charge in [0.25, 0.3) is 0 Å². The zero-order valence-electron chi connectivity index (χ0n) is 23.5. The predicted molar refractivity (Wildman–Crippen MR) is 148 cm³/mol. The van der Waals surface area contributed by atoms with Crippen molar-refractivity contribution in [3.05, 3.63) is 35.9 Å². The van der Waals surface area contributed by atoms with Gasteiger partial charge in [-0.05, 0) is 76.3 Å². The highest BCUT2D eigenvalue weighted by Gasteiger charge is 2.55. The van der Waals surface area contributed by atoms with Gasteiger partial charge in [0.05, 0.1) is 6.61 Å². The number of rotatable bonds is 9. The molecule has 0 unspecified atom stereocenters. The smallest absolute Gasteiger partial charge is 0.409 e. The molecule has 1 atom stereocenters. The van der Waals surface area contributed by atoms with Gasteiger partial charge in [-0.3, -0.25) is 9.59 Å². The standard InChI is InChI=1S/C30H46N4O4/c1-4-38-29(37)33-18-13-25(14-19-33)34-27(35)26(22-23(2)3)31-28(36)30(34)15-20-32(21-16-30)17-9-8-12-24-10-6-5-7-11-24/h5-7,10-11,23,25-26H,4,8-9,12-22H2,1-3H3,(H,31,36)/t26-/m0/s1. The van der Waals surface area contributed by atoms with Gasteiger partial charge in [-0.1, -0.05) is 44.2 Å². The molecule has 0 aromatic heterocycles. The first-order chi connectivity index (χ1) is 18.3. The maximum absolute atomic E-state index is 13.9. The highest BCUT2D eigenvalue weighted by atomic mass is 16.6. The molecule has 210 valence electrons. The van der Waals surface area contributed by atoms with Crippen molar-refractivity contribution in [2.75, 3.05) is 39.3 Å². The number of amides is 3. The number of ether oxygens (including phenoxy) is 1. The van der Waals surface area contributed by atoms with Crippen molar-refractivity contribution in [2.45, 2.75) is 89.8 Å². The van der Waals surface area contributed by atoms with E-state index in [4.69, 9.17) is 4.74 Å². The van der Waals surface area contributed by atoms with Gasteiger partial charge in [-0.15, -0.1) is 0 Å². The second-order valence-electron chi connectivity index (χ2n) is 11.6. The number of hydrogen-bond acceptors (Lipinski definition) is 5. The number of hydrogen-bond donors (Lipinski definition) is 1. The SMILES string of the molecule is CCOC(=O)N1CCC(N2C(=O)[C@H](CC(C)C)NC(=O)C23CCN(CCCCc2ccccc2)CC3)CC1. The molecule has 3 heterocycles. The summed E-state index contributed by atoms with van der Waals surface area (Å²) in [6, 6.07) is 10.1. The van der Waals surface area contributed by atoms with Crippen LogP contribution in [0.15, 0.2) is 30.3 Å². The lowest BCUT2D eigenvalue weighted by Crippen LogP contribution is -2.75. The number of benzene rings is 1. The minimum atomic E-state index is -0.790. The zero-order chi connectivity index (χ0) is 27.1. The highest BCUT2D eigenvalue weighted by Crippen LogP contribution is 2.38. The van der Waals surface area contributed by atoms with Crippen molar-refractivity contribution in [3.63, 3.8) is 0 Å². The van der Waals surface area contributed by atoms with Gasteiger partial charge in [-0.25, -0.2) is 4.79 Å². The highest BCUT2D eigenvalue weighted by molar-refractivity contribution is 6.00. The largest absolute Gasteiger partial charge is 0.450 e. The van der Waals surface area contributed by atoms with E-state index in [1.54, 1.807) is 4.90 Å². The quantitative estimate of drug-likeness (QED) is 0.495. The second-order valence-corrected chi connectivity index (χ2v) is 11.6. The average Bonchev–Trinajstić information content (AvgIpc) is 2.92. The monoisotopic (exact) mass is 526 g/mol. The molecular weight excluding hydrogens is 480 g/mol. The Hall–Kier alpha value is -2.61. The van der Waals surface area contributed by atoms with E-state index in [-0.39, 0.29) is 23.9 Å². The molecule has 0 radical (unpaired) electrons. The molecule has 0 aliphatic carbocycles. The molecule has 8 nitrogen and oxygen atoms in total. The van der Waals surface area contributed by atoms with E-state index >= 15 is 0 Å². The molecule has 8 heteroatoms. The molecule has 1 spiro atoms. The molecule has 3 aliphatic rings. The number of carbonyl (C=O) groups is 3.